The molecule has 0 bridgehead atoms. The van der Waals surface area contributed by atoms with Gasteiger partial charge in [0.25, 0.3) is 0 Å². The van der Waals surface area contributed by atoms with Gasteiger partial charge in [-0.15, -0.1) is 0 Å². The number of aromatic nitrogens is 2. The summed E-state index contributed by atoms with van der Waals surface area (Å²) in [7, 11) is 0. The summed E-state index contributed by atoms with van der Waals surface area (Å²) in [4.78, 5) is 10.4. The Hall–Kier alpha value is -2.17. The van der Waals surface area contributed by atoms with E-state index in [-0.39, 0.29) is 0 Å². The first-order chi connectivity index (χ1) is 7.70. The molecule has 0 radical (unpaired) electrons. The molecule has 0 spiro atoms. The zero-order chi connectivity index (χ0) is 11.5. The van der Waals surface area contributed by atoms with Gasteiger partial charge in [0.05, 0.1) is 17.6 Å². The number of carbonyl (C=O) groups excluding carboxylic acids is 1. The predicted molar refractivity (Wildman–Crippen MR) is 57.9 cm³/mol. The number of aryl methyl sites for hydroxylation is 1. The highest BCUT2D eigenvalue weighted by Gasteiger charge is 2.06. The van der Waals surface area contributed by atoms with Crippen LogP contribution in [0.5, 0.6) is 0 Å². The smallest absolute Gasteiger partial charge is 0.211 e. The van der Waals surface area contributed by atoms with E-state index in [4.69, 9.17) is 0 Å². The average molecular weight is 219 g/mol. The van der Waals surface area contributed by atoms with Gasteiger partial charge in [-0.3, -0.25) is 4.79 Å². The normalized spacial score (nSPS) is 10.1. The first-order valence-corrected chi connectivity index (χ1v) is 4.72. The molecule has 2 aromatic rings. The van der Waals surface area contributed by atoms with E-state index < -0.39 is 5.82 Å². The van der Waals surface area contributed by atoms with Crippen LogP contribution in [0, 0.1) is 12.7 Å². The number of anilines is 1. The maximum atomic E-state index is 13.0. The lowest BCUT2D eigenvalue weighted by atomic mass is 10.2. The summed E-state index contributed by atoms with van der Waals surface area (Å²) in [5, 5.41) is 6.54. The molecular weight excluding hydrogens is 209 g/mol. The maximum Gasteiger partial charge on any atom is 0.211 e. The van der Waals surface area contributed by atoms with Gasteiger partial charge in [0.15, 0.2) is 0 Å². The fourth-order valence-corrected chi connectivity index (χ4v) is 1.43. The number of nitrogens with zero attached hydrogens (tertiary/aromatic N) is 2. The third kappa shape index (κ3) is 1.93. The Bertz CT molecular complexity index is 522. The summed E-state index contributed by atoms with van der Waals surface area (Å²) in [5.41, 5.74) is 2.00. The number of carbonyl (C=O) groups is 1. The largest absolute Gasteiger partial charge is 0.327 e. The Morgan fingerprint density at radius 3 is 2.94 bits per heavy atom. The minimum atomic E-state index is -0.406. The number of hydrogen-bond donors (Lipinski definition) is 1. The van der Waals surface area contributed by atoms with Gasteiger partial charge in [-0.1, -0.05) is 0 Å². The number of rotatable bonds is 3. The quantitative estimate of drug-likeness (QED) is 0.801. The molecule has 5 heteroatoms. The van der Waals surface area contributed by atoms with Crippen LogP contribution in [0.25, 0.3) is 5.69 Å². The third-order valence-corrected chi connectivity index (χ3v) is 2.13. The summed E-state index contributed by atoms with van der Waals surface area (Å²) in [6.45, 7) is 1.90. The molecule has 4 nitrogen and oxygen atoms in total. The van der Waals surface area contributed by atoms with Crippen molar-refractivity contribution in [2.75, 3.05) is 5.32 Å². The maximum absolute atomic E-state index is 13.0. The fraction of sp³-hybridized carbons (Fsp3) is 0.0909. The third-order valence-electron chi connectivity index (χ3n) is 2.13. The van der Waals surface area contributed by atoms with E-state index in [2.05, 4.69) is 10.4 Å². The summed E-state index contributed by atoms with van der Waals surface area (Å²) in [5.74, 6) is -0.406. The molecular formula is C11H10FN3O. The molecule has 0 atom stereocenters. The predicted octanol–water partition coefficient (Wildman–Crippen LogP) is 1.89. The van der Waals surface area contributed by atoms with Crippen molar-refractivity contribution in [3.8, 4) is 5.69 Å². The highest BCUT2D eigenvalue weighted by Crippen LogP contribution is 2.20. The lowest BCUT2D eigenvalue weighted by Gasteiger charge is -2.07. The van der Waals surface area contributed by atoms with E-state index in [9.17, 15) is 9.18 Å². The van der Waals surface area contributed by atoms with Gasteiger partial charge in [0.1, 0.15) is 5.82 Å². The SMILES string of the molecule is Cc1cnn(-c2ccc(F)cc2NC=O)c1. The van der Waals surface area contributed by atoms with Crippen molar-refractivity contribution >= 4 is 12.1 Å². The summed E-state index contributed by atoms with van der Waals surface area (Å²) in [6, 6.07) is 4.14. The van der Waals surface area contributed by atoms with Crippen molar-refractivity contribution in [2.45, 2.75) is 6.92 Å². The fourth-order valence-electron chi connectivity index (χ4n) is 1.43. The molecule has 1 aromatic heterocycles. The molecule has 2 rings (SSSR count). The molecule has 0 fully saturated rings. The summed E-state index contributed by atoms with van der Waals surface area (Å²) in [6.07, 6.45) is 3.99. The van der Waals surface area contributed by atoms with E-state index in [0.717, 1.165) is 5.56 Å². The number of amides is 1. The van der Waals surface area contributed by atoms with Crippen LogP contribution in [-0.2, 0) is 4.79 Å². The molecule has 1 heterocycles. The molecule has 82 valence electrons. The number of benzene rings is 1. The zero-order valence-corrected chi connectivity index (χ0v) is 8.64. The first-order valence-electron chi connectivity index (χ1n) is 4.72. The number of hydrogen-bond acceptors (Lipinski definition) is 2. The van der Waals surface area contributed by atoms with E-state index >= 15 is 0 Å². The van der Waals surface area contributed by atoms with Gasteiger partial charge in [0, 0.05) is 6.20 Å². The number of nitrogens with one attached hydrogen (secondary N) is 1. The molecule has 0 aliphatic carbocycles. The van der Waals surface area contributed by atoms with Crippen LogP contribution in [0.2, 0.25) is 0 Å². The second-order valence-corrected chi connectivity index (χ2v) is 3.39. The standard InChI is InChI=1S/C11H10FN3O/c1-8-5-14-15(6-8)11-3-2-9(12)4-10(11)13-7-16/h2-7H,1H3,(H,13,16). The zero-order valence-electron chi connectivity index (χ0n) is 8.64. The van der Waals surface area contributed by atoms with Crippen LogP contribution in [0.3, 0.4) is 0 Å². The summed E-state index contributed by atoms with van der Waals surface area (Å²) < 4.78 is 14.6. The van der Waals surface area contributed by atoms with E-state index in [0.29, 0.717) is 17.8 Å². The van der Waals surface area contributed by atoms with Crippen molar-refractivity contribution in [2.24, 2.45) is 0 Å². The Balaban J connectivity index is 2.50. The lowest BCUT2D eigenvalue weighted by Crippen LogP contribution is -2.03. The first kappa shape index (κ1) is 10.4. The Morgan fingerprint density at radius 1 is 1.50 bits per heavy atom. The molecule has 0 unspecified atom stereocenters. The van der Waals surface area contributed by atoms with Crippen molar-refractivity contribution in [3.63, 3.8) is 0 Å². The van der Waals surface area contributed by atoms with Gasteiger partial charge in [-0.2, -0.15) is 5.10 Å². The molecule has 1 N–H and O–H groups in total. The minimum Gasteiger partial charge on any atom is -0.327 e. The Kier molecular flexibility index (Phi) is 2.68. The molecule has 0 aliphatic rings. The number of halogens is 1. The molecule has 0 aliphatic heterocycles. The Labute approximate surface area is 91.7 Å². The monoisotopic (exact) mass is 219 g/mol. The van der Waals surface area contributed by atoms with E-state index in [1.165, 1.54) is 12.1 Å². The van der Waals surface area contributed by atoms with Crippen molar-refractivity contribution in [1.29, 1.82) is 0 Å². The lowest BCUT2D eigenvalue weighted by molar-refractivity contribution is -0.105. The van der Waals surface area contributed by atoms with Gasteiger partial charge >= 0.3 is 0 Å². The van der Waals surface area contributed by atoms with Gasteiger partial charge in [-0.25, -0.2) is 9.07 Å². The molecule has 1 amide bonds. The van der Waals surface area contributed by atoms with Crippen molar-refractivity contribution < 1.29 is 9.18 Å². The Morgan fingerprint density at radius 2 is 2.31 bits per heavy atom. The minimum absolute atomic E-state index is 0.387. The molecule has 1 aromatic carbocycles. The van der Waals surface area contributed by atoms with E-state index in [1.54, 1.807) is 23.1 Å². The molecule has 0 saturated carbocycles. The van der Waals surface area contributed by atoms with E-state index in [1.807, 2.05) is 6.92 Å². The van der Waals surface area contributed by atoms with Crippen LogP contribution >= 0.6 is 0 Å². The highest BCUT2D eigenvalue weighted by atomic mass is 19.1. The second-order valence-electron chi connectivity index (χ2n) is 3.39. The van der Waals surface area contributed by atoms with Crippen molar-refractivity contribution in [3.05, 3.63) is 42.0 Å². The molecule has 0 saturated heterocycles. The van der Waals surface area contributed by atoms with Crippen LogP contribution in [-0.4, -0.2) is 16.2 Å². The van der Waals surface area contributed by atoms with Crippen LogP contribution in [0.15, 0.2) is 30.6 Å². The highest BCUT2D eigenvalue weighted by molar-refractivity contribution is 5.77. The molecule has 16 heavy (non-hydrogen) atoms. The topological polar surface area (TPSA) is 46.9 Å². The van der Waals surface area contributed by atoms with Crippen molar-refractivity contribution in [1.82, 2.24) is 9.78 Å². The van der Waals surface area contributed by atoms with Crippen LogP contribution < -0.4 is 5.32 Å². The second kappa shape index (κ2) is 4.14. The van der Waals surface area contributed by atoms with Gasteiger partial charge in [0.2, 0.25) is 6.41 Å². The van der Waals surface area contributed by atoms with Gasteiger partial charge in [-0.05, 0) is 30.7 Å². The average Bonchev–Trinajstić information content (AvgIpc) is 2.65. The van der Waals surface area contributed by atoms with Crippen LogP contribution in [0.1, 0.15) is 5.56 Å². The summed E-state index contributed by atoms with van der Waals surface area (Å²) >= 11 is 0. The van der Waals surface area contributed by atoms with Crippen LogP contribution in [0.4, 0.5) is 10.1 Å². The van der Waals surface area contributed by atoms with Gasteiger partial charge < -0.3 is 5.32 Å².